The van der Waals surface area contributed by atoms with E-state index >= 15 is 0 Å². The Kier molecular flexibility index (Phi) is 6.99. The molecule has 0 radical (unpaired) electrons. The average molecular weight is 472 g/mol. The van der Waals surface area contributed by atoms with Gasteiger partial charge in [0.2, 0.25) is 5.91 Å². The Morgan fingerprint density at radius 1 is 0.848 bits per heavy atom. The fraction of sp³-hybridized carbons (Fsp3) is 0.417. The van der Waals surface area contributed by atoms with Crippen LogP contribution in [-0.2, 0) is 14.6 Å². The van der Waals surface area contributed by atoms with Crippen molar-refractivity contribution >= 4 is 21.7 Å². The quantitative estimate of drug-likeness (QED) is 0.656. The largest absolute Gasteiger partial charge is 0.497 e. The minimum Gasteiger partial charge on any atom is -0.497 e. The molecule has 8 nitrogen and oxygen atoms in total. The number of rotatable bonds is 5. The standard InChI is InChI=1S/C24H29N3O5S/c1-32-21-9-5-8-20(18-21)23(28)26-10-12-27(13-11-26)24(29)22(19-6-3-2-4-7-19)25-14-16-33(30,31)17-15-25/h2-9,18,22H,10-17H2,1H3. The van der Waals surface area contributed by atoms with E-state index in [0.29, 0.717) is 50.6 Å². The molecule has 0 bridgehead atoms. The van der Waals surface area contributed by atoms with Crippen LogP contribution < -0.4 is 4.74 Å². The van der Waals surface area contributed by atoms with Crippen LogP contribution in [0.3, 0.4) is 0 Å². The van der Waals surface area contributed by atoms with Crippen LogP contribution in [0.5, 0.6) is 5.75 Å². The number of nitrogens with zero attached hydrogens (tertiary/aromatic N) is 3. The van der Waals surface area contributed by atoms with E-state index in [-0.39, 0.29) is 23.3 Å². The van der Waals surface area contributed by atoms with Gasteiger partial charge in [-0.15, -0.1) is 0 Å². The molecule has 9 heteroatoms. The molecular formula is C24H29N3O5S. The highest BCUT2D eigenvalue weighted by molar-refractivity contribution is 7.91. The van der Waals surface area contributed by atoms with E-state index in [0.717, 1.165) is 5.56 Å². The van der Waals surface area contributed by atoms with Crippen molar-refractivity contribution in [3.05, 3.63) is 65.7 Å². The molecule has 2 saturated heterocycles. The first-order chi connectivity index (χ1) is 15.9. The zero-order chi connectivity index (χ0) is 23.4. The number of benzene rings is 2. The van der Waals surface area contributed by atoms with Gasteiger partial charge >= 0.3 is 0 Å². The molecule has 1 unspecified atom stereocenters. The maximum absolute atomic E-state index is 13.6. The van der Waals surface area contributed by atoms with Crippen molar-refractivity contribution in [3.63, 3.8) is 0 Å². The average Bonchev–Trinajstić information content (AvgIpc) is 2.85. The van der Waals surface area contributed by atoms with Crippen LogP contribution >= 0.6 is 0 Å². The van der Waals surface area contributed by atoms with E-state index in [2.05, 4.69) is 0 Å². The Morgan fingerprint density at radius 2 is 1.48 bits per heavy atom. The fourth-order valence-electron chi connectivity index (χ4n) is 4.37. The number of carbonyl (C=O) groups is 2. The monoisotopic (exact) mass is 471 g/mol. The zero-order valence-corrected chi connectivity index (χ0v) is 19.5. The van der Waals surface area contributed by atoms with Gasteiger partial charge in [-0.25, -0.2) is 8.42 Å². The summed E-state index contributed by atoms with van der Waals surface area (Å²) in [6.45, 7) is 2.42. The molecule has 0 aliphatic carbocycles. The molecular weight excluding hydrogens is 442 g/mol. The van der Waals surface area contributed by atoms with E-state index in [1.165, 1.54) is 0 Å². The summed E-state index contributed by atoms with van der Waals surface area (Å²) < 4.78 is 29.0. The normalized spacial score (nSPS) is 19.7. The molecule has 176 valence electrons. The van der Waals surface area contributed by atoms with Crippen LogP contribution in [0.2, 0.25) is 0 Å². The first-order valence-corrected chi connectivity index (χ1v) is 12.9. The van der Waals surface area contributed by atoms with Crippen molar-refractivity contribution in [2.45, 2.75) is 6.04 Å². The minimum absolute atomic E-state index is 0.0472. The van der Waals surface area contributed by atoms with Crippen LogP contribution in [0.15, 0.2) is 54.6 Å². The Bertz CT molecular complexity index is 1080. The first-order valence-electron chi connectivity index (χ1n) is 11.1. The van der Waals surface area contributed by atoms with E-state index in [9.17, 15) is 18.0 Å². The number of ether oxygens (including phenoxy) is 1. The summed E-state index contributed by atoms with van der Waals surface area (Å²) in [5, 5.41) is 0. The smallest absolute Gasteiger partial charge is 0.254 e. The van der Waals surface area contributed by atoms with Gasteiger partial charge in [0.15, 0.2) is 9.84 Å². The van der Waals surface area contributed by atoms with Crippen molar-refractivity contribution in [1.29, 1.82) is 0 Å². The highest BCUT2D eigenvalue weighted by Crippen LogP contribution is 2.26. The highest BCUT2D eigenvalue weighted by atomic mass is 32.2. The lowest BCUT2D eigenvalue weighted by Crippen LogP contribution is -2.54. The summed E-state index contributed by atoms with van der Waals surface area (Å²) in [6.07, 6.45) is 0. The second-order valence-corrected chi connectivity index (χ2v) is 10.7. The second kappa shape index (κ2) is 9.93. The van der Waals surface area contributed by atoms with Crippen molar-refractivity contribution in [2.24, 2.45) is 0 Å². The van der Waals surface area contributed by atoms with Crippen LogP contribution in [0.4, 0.5) is 0 Å². The molecule has 2 heterocycles. The Labute approximate surface area is 194 Å². The van der Waals surface area contributed by atoms with Gasteiger partial charge in [0.25, 0.3) is 5.91 Å². The van der Waals surface area contributed by atoms with Crippen molar-refractivity contribution in [2.75, 3.05) is 57.9 Å². The van der Waals surface area contributed by atoms with Gasteiger partial charge in [0, 0.05) is 44.8 Å². The predicted molar refractivity (Wildman–Crippen MR) is 125 cm³/mol. The molecule has 0 spiro atoms. The van der Waals surface area contributed by atoms with Crippen LogP contribution in [0.1, 0.15) is 22.0 Å². The summed E-state index contributed by atoms with van der Waals surface area (Å²) in [5.74, 6) is 0.624. The van der Waals surface area contributed by atoms with Gasteiger partial charge in [-0.05, 0) is 23.8 Å². The van der Waals surface area contributed by atoms with Crippen molar-refractivity contribution in [1.82, 2.24) is 14.7 Å². The molecule has 0 aromatic heterocycles. The Balaban J connectivity index is 1.45. The van der Waals surface area contributed by atoms with Gasteiger partial charge in [-0.1, -0.05) is 36.4 Å². The first kappa shape index (κ1) is 23.3. The predicted octanol–water partition coefficient (Wildman–Crippen LogP) is 1.45. The minimum atomic E-state index is -3.05. The molecule has 2 aliphatic rings. The van der Waals surface area contributed by atoms with E-state index in [1.807, 2.05) is 35.2 Å². The number of piperazine rings is 1. The van der Waals surface area contributed by atoms with Gasteiger partial charge in [0.1, 0.15) is 11.8 Å². The lowest BCUT2D eigenvalue weighted by Gasteiger charge is -2.40. The van der Waals surface area contributed by atoms with E-state index in [4.69, 9.17) is 4.74 Å². The van der Waals surface area contributed by atoms with Gasteiger partial charge < -0.3 is 14.5 Å². The number of hydrogen-bond acceptors (Lipinski definition) is 6. The molecule has 2 aliphatic heterocycles. The van der Waals surface area contributed by atoms with Crippen molar-refractivity contribution < 1.29 is 22.7 Å². The molecule has 1 atom stereocenters. The molecule has 33 heavy (non-hydrogen) atoms. The molecule has 2 amide bonds. The summed E-state index contributed by atoms with van der Waals surface area (Å²) in [4.78, 5) is 32.0. The Morgan fingerprint density at radius 3 is 2.12 bits per heavy atom. The third-order valence-electron chi connectivity index (χ3n) is 6.29. The molecule has 2 aromatic rings. The number of hydrogen-bond donors (Lipinski definition) is 0. The third-order valence-corrected chi connectivity index (χ3v) is 7.90. The maximum atomic E-state index is 13.6. The molecule has 2 aromatic carbocycles. The second-order valence-electron chi connectivity index (χ2n) is 8.35. The molecule has 4 rings (SSSR count). The van der Waals surface area contributed by atoms with E-state index < -0.39 is 15.9 Å². The summed E-state index contributed by atoms with van der Waals surface area (Å²) in [6, 6.07) is 16.0. The van der Waals surface area contributed by atoms with Gasteiger partial charge in [0.05, 0.1) is 18.6 Å². The Hall–Kier alpha value is -2.91. The molecule has 0 N–H and O–H groups in total. The lowest BCUT2D eigenvalue weighted by atomic mass is 10.0. The highest BCUT2D eigenvalue weighted by Gasteiger charge is 2.36. The number of methoxy groups -OCH3 is 1. The van der Waals surface area contributed by atoms with Crippen LogP contribution in [0, 0.1) is 0 Å². The van der Waals surface area contributed by atoms with Gasteiger partial charge in [-0.3, -0.25) is 14.5 Å². The summed E-state index contributed by atoms with van der Waals surface area (Å²) in [5.41, 5.74) is 1.42. The van der Waals surface area contributed by atoms with Crippen molar-refractivity contribution in [3.8, 4) is 5.75 Å². The van der Waals surface area contributed by atoms with Crippen LogP contribution in [0.25, 0.3) is 0 Å². The number of sulfone groups is 1. The third kappa shape index (κ3) is 5.36. The lowest BCUT2D eigenvalue weighted by molar-refractivity contribution is -0.138. The zero-order valence-electron chi connectivity index (χ0n) is 18.7. The summed E-state index contributed by atoms with van der Waals surface area (Å²) >= 11 is 0. The van der Waals surface area contributed by atoms with E-state index in [1.54, 1.807) is 41.2 Å². The SMILES string of the molecule is COc1cccc(C(=O)N2CCN(C(=O)C(c3ccccc3)N3CCS(=O)(=O)CC3)CC2)c1. The maximum Gasteiger partial charge on any atom is 0.254 e. The topological polar surface area (TPSA) is 87.2 Å². The fourth-order valence-corrected chi connectivity index (χ4v) is 5.60. The number of carbonyl (C=O) groups excluding carboxylic acids is 2. The van der Waals surface area contributed by atoms with Gasteiger partial charge in [-0.2, -0.15) is 0 Å². The summed E-state index contributed by atoms with van der Waals surface area (Å²) in [7, 11) is -1.49. The van der Waals surface area contributed by atoms with Crippen LogP contribution in [-0.4, -0.2) is 92.8 Å². The number of amides is 2. The molecule has 2 fully saturated rings. The molecule has 0 saturated carbocycles.